The third-order valence-corrected chi connectivity index (χ3v) is 3.76. The van der Waals surface area contributed by atoms with E-state index in [2.05, 4.69) is 15.4 Å². The van der Waals surface area contributed by atoms with Gasteiger partial charge in [-0.25, -0.2) is 8.42 Å². The molecule has 0 aliphatic carbocycles. The Hall–Kier alpha value is -3.18. The van der Waals surface area contributed by atoms with Gasteiger partial charge in [0, 0.05) is 0 Å². The Balaban J connectivity index is 2.54. The van der Waals surface area contributed by atoms with Gasteiger partial charge in [0.05, 0.1) is 29.5 Å². The first-order valence-electron chi connectivity index (χ1n) is 7.67. The smallest absolute Gasteiger partial charge is 0.296 e. The molecule has 3 N–H and O–H groups in total. The fraction of sp³-hybridized carbons (Fsp3) is 0.188. The van der Waals surface area contributed by atoms with E-state index in [1.165, 1.54) is 0 Å². The number of amides is 1. The van der Waals surface area contributed by atoms with Gasteiger partial charge in [0.15, 0.2) is 5.75 Å². The van der Waals surface area contributed by atoms with Crippen molar-refractivity contribution in [3.63, 3.8) is 0 Å². The molecule has 27 heavy (non-hydrogen) atoms. The highest BCUT2D eigenvalue weighted by Gasteiger charge is 2.22. The number of hydrogen-bond donors (Lipinski definition) is 3. The summed E-state index contributed by atoms with van der Waals surface area (Å²) in [6.45, 7) is -0.0751. The Labute approximate surface area is 155 Å². The number of hydrogen-bond acceptors (Lipinski definition) is 7. The van der Waals surface area contributed by atoms with Crippen LogP contribution < -0.4 is 20.1 Å². The van der Waals surface area contributed by atoms with E-state index in [0.717, 1.165) is 18.4 Å². The first-order chi connectivity index (χ1) is 12.7. The van der Waals surface area contributed by atoms with Crippen LogP contribution in [0.4, 0.5) is 17.1 Å². The van der Waals surface area contributed by atoms with Crippen LogP contribution in [0.25, 0.3) is 0 Å². The van der Waals surface area contributed by atoms with Crippen LogP contribution in [0.5, 0.6) is 11.5 Å². The Kier molecular flexibility index (Phi) is 6.32. The first-order valence-corrected chi connectivity index (χ1v) is 9.56. The molecule has 0 heterocycles. The van der Waals surface area contributed by atoms with E-state index in [0.29, 0.717) is 5.75 Å². The molecule has 0 saturated carbocycles. The maximum absolute atomic E-state index is 11.8. The molecule has 0 aliphatic heterocycles. The Morgan fingerprint density at radius 2 is 1.85 bits per heavy atom. The van der Waals surface area contributed by atoms with E-state index < -0.39 is 26.5 Å². The molecule has 0 radical (unpaired) electrons. The summed E-state index contributed by atoms with van der Waals surface area (Å²) in [5.74, 6) is -0.247. The lowest BCUT2D eigenvalue weighted by atomic mass is 10.2. The van der Waals surface area contributed by atoms with Gasteiger partial charge in [0.25, 0.3) is 5.69 Å². The van der Waals surface area contributed by atoms with Crippen molar-refractivity contribution in [2.24, 2.45) is 0 Å². The second-order valence-corrected chi connectivity index (χ2v) is 7.24. The van der Waals surface area contributed by atoms with Crippen molar-refractivity contribution in [3.8, 4) is 11.5 Å². The van der Waals surface area contributed by atoms with Gasteiger partial charge in [-0.05, 0) is 25.2 Å². The van der Waals surface area contributed by atoms with Gasteiger partial charge < -0.3 is 15.4 Å². The molecule has 144 valence electrons. The molecular weight excluding hydrogens is 376 g/mol. The van der Waals surface area contributed by atoms with Gasteiger partial charge in [0.2, 0.25) is 15.9 Å². The molecule has 0 fully saturated rings. The van der Waals surface area contributed by atoms with E-state index in [-0.39, 0.29) is 23.7 Å². The number of para-hydroxylation sites is 1. The molecule has 0 saturated heterocycles. The van der Waals surface area contributed by atoms with E-state index in [4.69, 9.17) is 4.74 Å². The van der Waals surface area contributed by atoms with Crippen molar-refractivity contribution < 1.29 is 22.9 Å². The molecule has 0 aromatic heterocycles. The predicted octanol–water partition coefficient (Wildman–Crippen LogP) is 1.92. The van der Waals surface area contributed by atoms with Crippen LogP contribution in [0.1, 0.15) is 0 Å². The third-order valence-electron chi connectivity index (χ3n) is 3.17. The fourth-order valence-electron chi connectivity index (χ4n) is 2.15. The SMILES string of the molecule is CNCC(=O)Nc1cc(NS(C)(=O)=O)c(Oc2ccccc2)cc1[N+](=O)[O-]. The normalized spacial score (nSPS) is 10.9. The summed E-state index contributed by atoms with van der Waals surface area (Å²) in [6, 6.07) is 10.6. The maximum atomic E-state index is 11.8. The number of rotatable bonds is 8. The van der Waals surface area contributed by atoms with Gasteiger partial charge in [-0.15, -0.1) is 0 Å². The average molecular weight is 394 g/mol. The van der Waals surface area contributed by atoms with E-state index in [1.807, 2.05) is 0 Å². The summed E-state index contributed by atoms with van der Waals surface area (Å²) < 4.78 is 31.2. The number of ether oxygens (including phenoxy) is 1. The number of sulfonamides is 1. The number of carbonyl (C=O) groups excluding carboxylic acids is 1. The first kappa shape index (κ1) is 20.1. The molecule has 0 atom stereocenters. The maximum Gasteiger partial charge on any atom is 0.296 e. The number of anilines is 2. The number of nitrogens with one attached hydrogen (secondary N) is 3. The molecule has 0 bridgehead atoms. The third kappa shape index (κ3) is 5.94. The van der Waals surface area contributed by atoms with E-state index >= 15 is 0 Å². The summed E-state index contributed by atoms with van der Waals surface area (Å²) in [5.41, 5.74) is -0.650. The highest BCUT2D eigenvalue weighted by molar-refractivity contribution is 7.92. The average Bonchev–Trinajstić information content (AvgIpc) is 2.56. The summed E-state index contributed by atoms with van der Waals surface area (Å²) in [4.78, 5) is 22.5. The molecule has 10 nitrogen and oxygen atoms in total. The monoisotopic (exact) mass is 394 g/mol. The number of carbonyl (C=O) groups is 1. The Bertz CT molecular complexity index is 947. The lowest BCUT2D eigenvalue weighted by molar-refractivity contribution is -0.384. The van der Waals surface area contributed by atoms with Crippen molar-refractivity contribution in [3.05, 3.63) is 52.6 Å². The lowest BCUT2D eigenvalue weighted by Gasteiger charge is -2.14. The Morgan fingerprint density at radius 1 is 1.19 bits per heavy atom. The highest BCUT2D eigenvalue weighted by Crippen LogP contribution is 2.39. The van der Waals surface area contributed by atoms with Crippen molar-refractivity contribution in [1.82, 2.24) is 5.32 Å². The molecule has 2 aromatic carbocycles. The number of likely N-dealkylation sites (N-methyl/N-ethyl adjacent to an activating group) is 1. The number of benzene rings is 2. The van der Waals surface area contributed by atoms with E-state index in [9.17, 15) is 23.3 Å². The molecule has 11 heteroatoms. The van der Waals surface area contributed by atoms with Gasteiger partial charge in [0.1, 0.15) is 11.4 Å². The summed E-state index contributed by atoms with van der Waals surface area (Å²) >= 11 is 0. The van der Waals surface area contributed by atoms with Gasteiger partial charge in [-0.1, -0.05) is 18.2 Å². The zero-order chi connectivity index (χ0) is 20.0. The van der Waals surface area contributed by atoms with Crippen molar-refractivity contribution in [2.45, 2.75) is 0 Å². The largest absolute Gasteiger partial charge is 0.455 e. The van der Waals surface area contributed by atoms with E-state index in [1.54, 1.807) is 37.4 Å². The van der Waals surface area contributed by atoms with Crippen LogP contribution in [0.15, 0.2) is 42.5 Å². The van der Waals surface area contributed by atoms with Crippen LogP contribution in [0.2, 0.25) is 0 Å². The quantitative estimate of drug-likeness (QED) is 0.459. The fourth-order valence-corrected chi connectivity index (χ4v) is 2.71. The second kappa shape index (κ2) is 8.47. The zero-order valence-corrected chi connectivity index (χ0v) is 15.4. The van der Waals surface area contributed by atoms with Crippen LogP contribution in [-0.4, -0.2) is 39.1 Å². The van der Waals surface area contributed by atoms with Crippen LogP contribution in [0, 0.1) is 10.1 Å². The number of nitrogens with zero attached hydrogens (tertiary/aromatic N) is 1. The summed E-state index contributed by atoms with van der Waals surface area (Å²) in [7, 11) is -2.16. The molecule has 0 aliphatic rings. The summed E-state index contributed by atoms with van der Waals surface area (Å²) in [5, 5.41) is 16.4. The Morgan fingerprint density at radius 3 is 2.41 bits per heavy atom. The lowest BCUT2D eigenvalue weighted by Crippen LogP contribution is -2.25. The van der Waals surface area contributed by atoms with Crippen LogP contribution in [-0.2, 0) is 14.8 Å². The molecule has 0 spiro atoms. The van der Waals surface area contributed by atoms with Crippen LogP contribution >= 0.6 is 0 Å². The van der Waals surface area contributed by atoms with Crippen molar-refractivity contribution in [2.75, 3.05) is 29.9 Å². The number of nitro groups is 1. The molecule has 0 unspecified atom stereocenters. The van der Waals surface area contributed by atoms with Gasteiger partial charge in [-0.2, -0.15) is 0 Å². The molecule has 2 aromatic rings. The van der Waals surface area contributed by atoms with Crippen molar-refractivity contribution in [1.29, 1.82) is 0 Å². The topological polar surface area (TPSA) is 140 Å². The minimum atomic E-state index is -3.71. The van der Waals surface area contributed by atoms with Crippen LogP contribution in [0.3, 0.4) is 0 Å². The minimum Gasteiger partial charge on any atom is -0.455 e. The number of nitro benzene ring substituents is 1. The molecular formula is C16H18N4O6S. The molecule has 2 rings (SSSR count). The van der Waals surface area contributed by atoms with Gasteiger partial charge in [-0.3, -0.25) is 19.6 Å². The second-order valence-electron chi connectivity index (χ2n) is 5.49. The standard InChI is InChI=1S/C16H18N4O6S/c1-17-10-16(21)18-12-8-13(19-27(2,24)25)15(9-14(12)20(22)23)26-11-6-4-3-5-7-11/h3-9,17,19H,10H2,1-2H3,(H,18,21). The summed E-state index contributed by atoms with van der Waals surface area (Å²) in [6.07, 6.45) is 0.931. The highest BCUT2D eigenvalue weighted by atomic mass is 32.2. The van der Waals surface area contributed by atoms with Gasteiger partial charge >= 0.3 is 0 Å². The zero-order valence-electron chi connectivity index (χ0n) is 14.6. The molecule has 1 amide bonds. The minimum absolute atomic E-state index is 0.0493. The predicted molar refractivity (Wildman–Crippen MR) is 101 cm³/mol. The van der Waals surface area contributed by atoms with Crippen molar-refractivity contribution >= 4 is 33.0 Å².